The van der Waals surface area contributed by atoms with E-state index in [1.807, 2.05) is 44.3 Å². The third-order valence-corrected chi connectivity index (χ3v) is 2.07. The molecule has 0 saturated heterocycles. The van der Waals surface area contributed by atoms with E-state index >= 15 is 0 Å². The van der Waals surface area contributed by atoms with Crippen molar-refractivity contribution >= 4 is 0 Å². The maximum atomic E-state index is 9.73. The second kappa shape index (κ2) is 4.24. The van der Waals surface area contributed by atoms with E-state index in [1.54, 1.807) is 0 Å². The van der Waals surface area contributed by atoms with Crippen LogP contribution in [-0.2, 0) is 0 Å². The first-order chi connectivity index (χ1) is 5.75. The summed E-state index contributed by atoms with van der Waals surface area (Å²) in [6.07, 6.45) is -0.420. The van der Waals surface area contributed by atoms with Crippen LogP contribution in [0.2, 0.25) is 0 Å². The molecule has 0 bridgehead atoms. The Hall–Kier alpha value is -0.860. The van der Waals surface area contributed by atoms with Crippen molar-refractivity contribution < 1.29 is 5.11 Å². The SMILES string of the molecule is CN[C@@H](C)C(O)c1ccccc1. The maximum Gasteiger partial charge on any atom is 0.0940 e. The van der Waals surface area contributed by atoms with E-state index in [9.17, 15) is 5.11 Å². The van der Waals surface area contributed by atoms with Crippen molar-refractivity contribution in [2.75, 3.05) is 7.05 Å². The van der Waals surface area contributed by atoms with E-state index in [4.69, 9.17) is 0 Å². The van der Waals surface area contributed by atoms with Crippen molar-refractivity contribution in [2.24, 2.45) is 0 Å². The lowest BCUT2D eigenvalue weighted by Crippen LogP contribution is -2.28. The molecular formula is C10H15NO. The largest absolute Gasteiger partial charge is 0.387 e. The Kier molecular flexibility index (Phi) is 3.26. The number of aliphatic hydroxyl groups is 1. The summed E-state index contributed by atoms with van der Waals surface area (Å²) in [5, 5.41) is 12.7. The molecule has 12 heavy (non-hydrogen) atoms. The van der Waals surface area contributed by atoms with Gasteiger partial charge in [-0.05, 0) is 19.5 Å². The van der Waals surface area contributed by atoms with Crippen molar-refractivity contribution in [3.05, 3.63) is 35.9 Å². The van der Waals surface area contributed by atoms with E-state index < -0.39 is 6.10 Å². The minimum atomic E-state index is -0.420. The molecule has 1 rings (SSSR count). The smallest absolute Gasteiger partial charge is 0.0940 e. The van der Waals surface area contributed by atoms with Gasteiger partial charge in [-0.1, -0.05) is 30.3 Å². The molecule has 0 aliphatic heterocycles. The molecule has 66 valence electrons. The van der Waals surface area contributed by atoms with Gasteiger partial charge in [-0.3, -0.25) is 0 Å². The molecule has 0 fully saturated rings. The fraction of sp³-hybridized carbons (Fsp3) is 0.400. The Morgan fingerprint density at radius 2 is 1.83 bits per heavy atom. The van der Waals surface area contributed by atoms with Gasteiger partial charge in [0.15, 0.2) is 0 Å². The van der Waals surface area contributed by atoms with Gasteiger partial charge in [-0.15, -0.1) is 0 Å². The molecule has 0 aliphatic carbocycles. The number of likely N-dealkylation sites (N-methyl/N-ethyl adjacent to an activating group) is 1. The molecule has 0 radical (unpaired) electrons. The fourth-order valence-electron chi connectivity index (χ4n) is 1.10. The van der Waals surface area contributed by atoms with Crippen LogP contribution < -0.4 is 5.32 Å². The highest BCUT2D eigenvalue weighted by Gasteiger charge is 2.12. The number of rotatable bonds is 3. The minimum absolute atomic E-state index is 0.0902. The lowest BCUT2D eigenvalue weighted by Gasteiger charge is -2.17. The first kappa shape index (κ1) is 9.23. The average molecular weight is 165 g/mol. The average Bonchev–Trinajstić information content (AvgIpc) is 2.17. The monoisotopic (exact) mass is 165 g/mol. The number of aliphatic hydroxyl groups excluding tert-OH is 1. The third kappa shape index (κ3) is 2.06. The van der Waals surface area contributed by atoms with Gasteiger partial charge in [0.05, 0.1) is 6.10 Å². The Morgan fingerprint density at radius 3 is 2.33 bits per heavy atom. The van der Waals surface area contributed by atoms with E-state index in [1.165, 1.54) is 0 Å². The van der Waals surface area contributed by atoms with Gasteiger partial charge in [0.25, 0.3) is 0 Å². The van der Waals surface area contributed by atoms with Gasteiger partial charge in [0, 0.05) is 6.04 Å². The standard InChI is InChI=1S/C10H15NO/c1-8(11-2)10(12)9-6-4-3-5-7-9/h3-8,10-12H,1-2H3/t8-,10?/m0/s1. The topological polar surface area (TPSA) is 32.3 Å². The Bertz CT molecular complexity index is 223. The van der Waals surface area contributed by atoms with Gasteiger partial charge < -0.3 is 10.4 Å². The normalized spacial score (nSPS) is 15.6. The molecule has 1 aromatic carbocycles. The van der Waals surface area contributed by atoms with Crippen molar-refractivity contribution in [3.8, 4) is 0 Å². The number of benzene rings is 1. The molecule has 0 amide bonds. The fourth-order valence-corrected chi connectivity index (χ4v) is 1.10. The van der Waals surface area contributed by atoms with Crippen molar-refractivity contribution in [3.63, 3.8) is 0 Å². The highest BCUT2D eigenvalue weighted by Crippen LogP contribution is 2.15. The summed E-state index contributed by atoms with van der Waals surface area (Å²) in [5.41, 5.74) is 0.958. The summed E-state index contributed by atoms with van der Waals surface area (Å²) in [4.78, 5) is 0. The van der Waals surface area contributed by atoms with Crippen LogP contribution in [0.25, 0.3) is 0 Å². The summed E-state index contributed by atoms with van der Waals surface area (Å²) < 4.78 is 0. The van der Waals surface area contributed by atoms with Crippen molar-refractivity contribution in [1.29, 1.82) is 0 Å². The molecule has 0 aromatic heterocycles. The quantitative estimate of drug-likeness (QED) is 0.708. The Labute approximate surface area is 73.2 Å². The Balaban J connectivity index is 2.71. The van der Waals surface area contributed by atoms with Crippen molar-refractivity contribution in [1.82, 2.24) is 5.32 Å². The number of hydrogen-bond donors (Lipinski definition) is 2. The van der Waals surface area contributed by atoms with Gasteiger partial charge >= 0.3 is 0 Å². The van der Waals surface area contributed by atoms with E-state index in [0.717, 1.165) is 5.56 Å². The minimum Gasteiger partial charge on any atom is -0.387 e. The first-order valence-corrected chi connectivity index (χ1v) is 4.16. The second-order valence-corrected chi connectivity index (χ2v) is 2.93. The van der Waals surface area contributed by atoms with Crippen LogP contribution in [-0.4, -0.2) is 18.2 Å². The molecule has 2 N–H and O–H groups in total. The predicted octanol–water partition coefficient (Wildman–Crippen LogP) is 1.33. The third-order valence-electron chi connectivity index (χ3n) is 2.07. The molecule has 2 nitrogen and oxygen atoms in total. The van der Waals surface area contributed by atoms with Crippen LogP contribution in [0.4, 0.5) is 0 Å². The van der Waals surface area contributed by atoms with Crippen LogP contribution in [0, 0.1) is 0 Å². The summed E-state index contributed by atoms with van der Waals surface area (Å²) in [7, 11) is 1.84. The van der Waals surface area contributed by atoms with Crippen LogP contribution >= 0.6 is 0 Å². The van der Waals surface area contributed by atoms with Crippen LogP contribution in [0.5, 0.6) is 0 Å². The summed E-state index contributed by atoms with van der Waals surface area (Å²) >= 11 is 0. The molecule has 0 saturated carbocycles. The lowest BCUT2D eigenvalue weighted by atomic mass is 10.0. The van der Waals surface area contributed by atoms with E-state index in [2.05, 4.69) is 5.32 Å². The van der Waals surface area contributed by atoms with Crippen LogP contribution in [0.1, 0.15) is 18.6 Å². The maximum absolute atomic E-state index is 9.73. The molecule has 1 aromatic rings. The van der Waals surface area contributed by atoms with Gasteiger partial charge in [-0.25, -0.2) is 0 Å². The summed E-state index contributed by atoms with van der Waals surface area (Å²) in [6, 6.07) is 9.76. The zero-order valence-electron chi connectivity index (χ0n) is 7.49. The molecular weight excluding hydrogens is 150 g/mol. The van der Waals surface area contributed by atoms with Crippen LogP contribution in [0.3, 0.4) is 0 Å². The van der Waals surface area contributed by atoms with E-state index in [0.29, 0.717) is 0 Å². The van der Waals surface area contributed by atoms with Gasteiger partial charge in [-0.2, -0.15) is 0 Å². The highest BCUT2D eigenvalue weighted by atomic mass is 16.3. The predicted molar refractivity (Wildman–Crippen MR) is 49.9 cm³/mol. The molecule has 0 spiro atoms. The summed E-state index contributed by atoms with van der Waals surface area (Å²) in [6.45, 7) is 1.96. The molecule has 0 heterocycles. The number of nitrogens with one attached hydrogen (secondary N) is 1. The zero-order valence-corrected chi connectivity index (χ0v) is 7.49. The first-order valence-electron chi connectivity index (χ1n) is 4.16. The van der Waals surface area contributed by atoms with Gasteiger partial charge in [0.2, 0.25) is 0 Å². The molecule has 2 heteroatoms. The highest BCUT2D eigenvalue weighted by molar-refractivity contribution is 5.18. The Morgan fingerprint density at radius 1 is 1.25 bits per heavy atom. The molecule has 2 atom stereocenters. The molecule has 1 unspecified atom stereocenters. The zero-order chi connectivity index (χ0) is 8.97. The molecule has 0 aliphatic rings. The van der Waals surface area contributed by atoms with Crippen LogP contribution in [0.15, 0.2) is 30.3 Å². The second-order valence-electron chi connectivity index (χ2n) is 2.93. The van der Waals surface area contributed by atoms with E-state index in [-0.39, 0.29) is 6.04 Å². The summed E-state index contributed by atoms with van der Waals surface area (Å²) in [5.74, 6) is 0. The van der Waals surface area contributed by atoms with Crippen molar-refractivity contribution in [2.45, 2.75) is 19.1 Å². The lowest BCUT2D eigenvalue weighted by molar-refractivity contribution is 0.140. The van der Waals surface area contributed by atoms with Gasteiger partial charge in [0.1, 0.15) is 0 Å². The number of hydrogen-bond acceptors (Lipinski definition) is 2.